The summed E-state index contributed by atoms with van der Waals surface area (Å²) < 4.78 is 0. The third-order valence-electron chi connectivity index (χ3n) is 2.07. The maximum absolute atomic E-state index is 11.3. The fourth-order valence-corrected chi connectivity index (χ4v) is 1.42. The van der Waals surface area contributed by atoms with Gasteiger partial charge in [-0.2, -0.15) is 11.8 Å². The first-order valence-electron chi connectivity index (χ1n) is 4.95. The number of rotatable bonds is 6. The Morgan fingerprint density at radius 1 is 1.38 bits per heavy atom. The Bertz CT molecular complexity index is 148. The van der Waals surface area contributed by atoms with Gasteiger partial charge in [-0.15, -0.1) is 0 Å². The summed E-state index contributed by atoms with van der Waals surface area (Å²) in [6, 6.07) is 0.291. The van der Waals surface area contributed by atoms with Gasteiger partial charge in [-0.05, 0) is 18.6 Å². The quantitative estimate of drug-likeness (QED) is 0.671. The molecule has 0 saturated heterocycles. The van der Waals surface area contributed by atoms with E-state index in [-0.39, 0.29) is 5.91 Å². The van der Waals surface area contributed by atoms with Crippen molar-refractivity contribution < 1.29 is 4.79 Å². The van der Waals surface area contributed by atoms with Gasteiger partial charge >= 0.3 is 0 Å². The van der Waals surface area contributed by atoms with Crippen LogP contribution in [0, 0.1) is 5.92 Å². The second-order valence-corrected chi connectivity index (χ2v) is 4.94. The zero-order valence-corrected chi connectivity index (χ0v) is 9.91. The molecule has 0 saturated carbocycles. The number of thioether (sulfide) groups is 1. The topological polar surface area (TPSA) is 29.1 Å². The van der Waals surface area contributed by atoms with E-state index in [1.54, 1.807) is 0 Å². The van der Waals surface area contributed by atoms with Gasteiger partial charge in [-0.25, -0.2) is 0 Å². The van der Waals surface area contributed by atoms with Gasteiger partial charge in [-0.1, -0.05) is 20.8 Å². The first kappa shape index (κ1) is 12.8. The molecule has 0 aromatic carbocycles. The smallest absolute Gasteiger partial charge is 0.221 e. The minimum atomic E-state index is 0.183. The Balaban J connectivity index is 3.50. The molecule has 0 bridgehead atoms. The van der Waals surface area contributed by atoms with Crippen molar-refractivity contribution >= 4 is 17.7 Å². The van der Waals surface area contributed by atoms with Crippen LogP contribution in [-0.4, -0.2) is 23.5 Å². The summed E-state index contributed by atoms with van der Waals surface area (Å²) in [7, 11) is 0. The van der Waals surface area contributed by atoms with Gasteiger partial charge in [0.2, 0.25) is 5.91 Å². The van der Waals surface area contributed by atoms with E-state index >= 15 is 0 Å². The molecule has 0 aliphatic rings. The Hall–Kier alpha value is -0.180. The molecule has 78 valence electrons. The maximum atomic E-state index is 11.3. The highest BCUT2D eigenvalue weighted by atomic mass is 32.2. The lowest BCUT2D eigenvalue weighted by Crippen LogP contribution is -2.36. The summed E-state index contributed by atoms with van der Waals surface area (Å²) in [5, 5.41) is 2.99. The Morgan fingerprint density at radius 2 is 2.00 bits per heavy atom. The van der Waals surface area contributed by atoms with E-state index in [0.717, 1.165) is 11.5 Å². The van der Waals surface area contributed by atoms with Gasteiger partial charge in [0.1, 0.15) is 0 Å². The van der Waals surface area contributed by atoms with E-state index in [1.165, 1.54) is 0 Å². The van der Waals surface area contributed by atoms with Crippen LogP contribution in [0.2, 0.25) is 0 Å². The lowest BCUT2D eigenvalue weighted by Gasteiger charge is -2.17. The number of amides is 1. The molecular weight excluding hydrogens is 182 g/mol. The summed E-state index contributed by atoms with van der Waals surface area (Å²) in [6.07, 6.45) is 0.648. The fraction of sp³-hybridized carbons (Fsp3) is 0.900. The molecule has 0 spiro atoms. The number of nitrogens with one attached hydrogen (secondary N) is 1. The van der Waals surface area contributed by atoms with Gasteiger partial charge in [0.25, 0.3) is 0 Å². The van der Waals surface area contributed by atoms with Crippen LogP contribution in [-0.2, 0) is 4.79 Å². The van der Waals surface area contributed by atoms with Crippen LogP contribution in [0.4, 0.5) is 0 Å². The molecular formula is C10H21NOS. The van der Waals surface area contributed by atoms with Crippen molar-refractivity contribution in [3.05, 3.63) is 0 Å². The summed E-state index contributed by atoms with van der Waals surface area (Å²) >= 11 is 1.81. The summed E-state index contributed by atoms with van der Waals surface area (Å²) in [5.74, 6) is 2.73. The molecule has 1 amide bonds. The second-order valence-electron chi connectivity index (χ2n) is 3.55. The highest BCUT2D eigenvalue weighted by Crippen LogP contribution is 2.03. The van der Waals surface area contributed by atoms with Crippen molar-refractivity contribution in [2.24, 2.45) is 5.92 Å². The molecule has 0 aromatic rings. The summed E-state index contributed by atoms with van der Waals surface area (Å²) in [4.78, 5) is 11.3. The van der Waals surface area contributed by atoms with Crippen LogP contribution < -0.4 is 5.32 Å². The van der Waals surface area contributed by atoms with E-state index in [4.69, 9.17) is 0 Å². The van der Waals surface area contributed by atoms with Crippen LogP contribution in [0.1, 0.15) is 34.1 Å². The van der Waals surface area contributed by atoms with Gasteiger partial charge in [0, 0.05) is 18.2 Å². The molecule has 3 heteroatoms. The van der Waals surface area contributed by atoms with Gasteiger partial charge in [-0.3, -0.25) is 4.79 Å². The van der Waals surface area contributed by atoms with Crippen LogP contribution in [0.25, 0.3) is 0 Å². The second kappa shape index (κ2) is 7.25. The van der Waals surface area contributed by atoms with Crippen molar-refractivity contribution in [2.45, 2.75) is 40.2 Å². The fourth-order valence-electron chi connectivity index (χ4n) is 0.802. The number of carbonyl (C=O) groups excluding carboxylic acids is 1. The van der Waals surface area contributed by atoms with Crippen molar-refractivity contribution in [3.8, 4) is 0 Å². The molecule has 0 aromatic heterocycles. The molecule has 0 fully saturated rings. The molecule has 0 radical (unpaired) electrons. The minimum Gasteiger partial charge on any atom is -0.353 e. The number of carbonyl (C=O) groups is 1. The highest BCUT2D eigenvalue weighted by molar-refractivity contribution is 7.99. The van der Waals surface area contributed by atoms with Crippen LogP contribution in [0.15, 0.2) is 0 Å². The molecule has 0 heterocycles. The van der Waals surface area contributed by atoms with Crippen LogP contribution in [0.5, 0.6) is 0 Å². The number of hydrogen-bond donors (Lipinski definition) is 1. The predicted octanol–water partition coefficient (Wildman–Crippen LogP) is 2.29. The predicted molar refractivity (Wildman–Crippen MR) is 60.1 cm³/mol. The zero-order valence-electron chi connectivity index (χ0n) is 9.09. The van der Waals surface area contributed by atoms with E-state index in [2.05, 4.69) is 33.0 Å². The molecule has 2 nitrogen and oxygen atoms in total. The molecule has 1 N–H and O–H groups in total. The average molecular weight is 203 g/mol. The first-order chi connectivity index (χ1) is 6.07. The van der Waals surface area contributed by atoms with Gasteiger partial charge in [0.15, 0.2) is 0 Å². The largest absolute Gasteiger partial charge is 0.353 e. The third kappa shape index (κ3) is 6.94. The van der Waals surface area contributed by atoms with Crippen molar-refractivity contribution in [3.63, 3.8) is 0 Å². The summed E-state index contributed by atoms with van der Waals surface area (Å²) in [5.41, 5.74) is 0. The molecule has 1 atom stereocenters. The van der Waals surface area contributed by atoms with Crippen molar-refractivity contribution in [1.29, 1.82) is 0 Å². The van der Waals surface area contributed by atoms with Gasteiger partial charge in [0.05, 0.1) is 0 Å². The normalized spacial score (nSPS) is 13.0. The number of hydrogen-bond acceptors (Lipinski definition) is 2. The highest BCUT2D eigenvalue weighted by Gasteiger charge is 2.09. The third-order valence-corrected chi connectivity index (χ3v) is 2.97. The first-order valence-corrected chi connectivity index (χ1v) is 6.10. The summed E-state index contributed by atoms with van der Waals surface area (Å²) in [6.45, 7) is 8.40. The van der Waals surface area contributed by atoms with Gasteiger partial charge < -0.3 is 5.32 Å². The molecule has 1 unspecified atom stereocenters. The van der Waals surface area contributed by atoms with E-state index in [9.17, 15) is 4.79 Å². The lowest BCUT2D eigenvalue weighted by atomic mass is 10.1. The van der Waals surface area contributed by atoms with Crippen molar-refractivity contribution in [1.82, 2.24) is 5.32 Å². The SMILES string of the molecule is CCSCCC(=O)NC(C)C(C)C. The Labute approximate surface area is 85.9 Å². The standard InChI is InChI=1S/C10H21NOS/c1-5-13-7-6-10(12)11-9(4)8(2)3/h8-9H,5-7H2,1-4H3,(H,11,12). The van der Waals surface area contributed by atoms with Crippen LogP contribution >= 0.6 is 11.8 Å². The van der Waals surface area contributed by atoms with Crippen molar-refractivity contribution in [2.75, 3.05) is 11.5 Å². The van der Waals surface area contributed by atoms with E-state index < -0.39 is 0 Å². The average Bonchev–Trinajstić information content (AvgIpc) is 2.04. The minimum absolute atomic E-state index is 0.183. The van der Waals surface area contributed by atoms with E-state index in [0.29, 0.717) is 18.4 Å². The van der Waals surface area contributed by atoms with E-state index in [1.807, 2.05) is 11.8 Å². The molecule has 0 aliphatic carbocycles. The lowest BCUT2D eigenvalue weighted by molar-refractivity contribution is -0.121. The monoisotopic (exact) mass is 203 g/mol. The zero-order chi connectivity index (χ0) is 10.3. The molecule has 13 heavy (non-hydrogen) atoms. The maximum Gasteiger partial charge on any atom is 0.221 e. The van der Waals surface area contributed by atoms with Crippen LogP contribution in [0.3, 0.4) is 0 Å². The Morgan fingerprint density at radius 3 is 2.46 bits per heavy atom. The molecule has 0 rings (SSSR count). The Kier molecular flexibility index (Phi) is 7.14. The molecule has 0 aliphatic heterocycles.